The molecule has 0 N–H and O–H groups in total. The number of hydrogen-bond donors (Lipinski definition) is 0. The molecule has 0 aliphatic heterocycles. The number of rotatable bonds is 4. The molecule has 4 heteroatoms. The Hall–Kier alpha value is -7.40. The van der Waals surface area contributed by atoms with Crippen LogP contribution in [0.15, 0.2) is 170 Å². The summed E-state index contributed by atoms with van der Waals surface area (Å²) in [6.45, 7) is 0. The molecule has 0 amide bonds. The lowest BCUT2D eigenvalue weighted by Crippen LogP contribution is -2.06. The molecular formula is C48H28N4. The van der Waals surface area contributed by atoms with Gasteiger partial charge in [-0.15, -0.1) is 0 Å². The minimum absolute atomic E-state index is 0.438. The lowest BCUT2D eigenvalue weighted by Gasteiger charge is -2.17. The fourth-order valence-electron chi connectivity index (χ4n) is 8.08. The highest BCUT2D eigenvalue weighted by atomic mass is 15.0. The van der Waals surface area contributed by atoms with Crippen LogP contribution in [-0.2, 0) is 0 Å². The second-order valence-corrected chi connectivity index (χ2v) is 13.1. The van der Waals surface area contributed by atoms with E-state index >= 15 is 0 Å². The van der Waals surface area contributed by atoms with Gasteiger partial charge in [0, 0.05) is 21.5 Å². The van der Waals surface area contributed by atoms with Gasteiger partial charge in [-0.1, -0.05) is 121 Å². The highest BCUT2D eigenvalue weighted by Crippen LogP contribution is 2.42. The zero-order valence-electron chi connectivity index (χ0n) is 28.0. The zero-order valence-corrected chi connectivity index (χ0v) is 28.0. The van der Waals surface area contributed by atoms with Crippen LogP contribution >= 0.6 is 0 Å². The molecule has 0 atom stereocenters. The molecule has 0 bridgehead atoms. The number of para-hydroxylation sites is 1. The van der Waals surface area contributed by atoms with Crippen LogP contribution in [-0.4, -0.2) is 9.13 Å². The van der Waals surface area contributed by atoms with Crippen molar-refractivity contribution in [3.8, 4) is 45.8 Å². The van der Waals surface area contributed by atoms with Crippen molar-refractivity contribution in [1.82, 2.24) is 9.13 Å². The van der Waals surface area contributed by atoms with Crippen LogP contribution in [0.3, 0.4) is 0 Å². The molecule has 52 heavy (non-hydrogen) atoms. The van der Waals surface area contributed by atoms with Crippen LogP contribution in [0.5, 0.6) is 0 Å². The Morgan fingerprint density at radius 3 is 1.65 bits per heavy atom. The first-order valence-electron chi connectivity index (χ1n) is 17.3. The van der Waals surface area contributed by atoms with E-state index < -0.39 is 0 Å². The monoisotopic (exact) mass is 660 g/mol. The summed E-state index contributed by atoms with van der Waals surface area (Å²) in [5.74, 6) is 0. The van der Waals surface area contributed by atoms with E-state index in [0.29, 0.717) is 16.8 Å². The van der Waals surface area contributed by atoms with Gasteiger partial charge in [-0.3, -0.25) is 0 Å². The summed E-state index contributed by atoms with van der Waals surface area (Å²) in [5.41, 5.74) is 10.6. The van der Waals surface area contributed by atoms with Crippen molar-refractivity contribution in [2.75, 3.05) is 0 Å². The van der Waals surface area contributed by atoms with Gasteiger partial charge in [-0.2, -0.15) is 10.5 Å². The van der Waals surface area contributed by atoms with Crippen LogP contribution in [0.4, 0.5) is 0 Å². The third-order valence-corrected chi connectivity index (χ3v) is 10.4. The predicted molar refractivity (Wildman–Crippen MR) is 213 cm³/mol. The zero-order chi connectivity index (χ0) is 34.8. The molecule has 0 saturated heterocycles. The number of benzene rings is 8. The number of fused-ring (bicyclic) bond motifs is 8. The highest BCUT2D eigenvalue weighted by Gasteiger charge is 2.24. The van der Waals surface area contributed by atoms with E-state index in [1.54, 1.807) is 0 Å². The van der Waals surface area contributed by atoms with Gasteiger partial charge in [0.15, 0.2) is 0 Å². The lowest BCUT2D eigenvalue weighted by molar-refractivity contribution is 1.11. The molecule has 2 heterocycles. The Morgan fingerprint density at radius 1 is 0.385 bits per heavy atom. The van der Waals surface area contributed by atoms with E-state index in [2.05, 4.69) is 143 Å². The standard InChI is InChI=1S/C48H28N4/c49-29-36-22-25-45(41(30-50)48(36)52-42-18-10-9-17-38(42)39-27-34(20-23-43(39)52)31-11-3-1-4-12-31)51-44-24-21-35(32-13-5-2-6-14-32)28-40(44)47-37-16-8-7-15-33(37)19-26-46(47)51/h1-28H. The summed E-state index contributed by atoms with van der Waals surface area (Å²) in [6.07, 6.45) is 0. The third-order valence-electron chi connectivity index (χ3n) is 10.4. The quantitative estimate of drug-likeness (QED) is 0.189. The van der Waals surface area contributed by atoms with E-state index in [1.165, 1.54) is 0 Å². The van der Waals surface area contributed by atoms with Gasteiger partial charge in [0.2, 0.25) is 0 Å². The first-order valence-corrected chi connectivity index (χ1v) is 17.3. The maximum atomic E-state index is 11.2. The average molecular weight is 661 g/mol. The van der Waals surface area contributed by atoms with Gasteiger partial charge in [-0.25, -0.2) is 0 Å². The molecule has 0 spiro atoms. The van der Waals surface area contributed by atoms with E-state index in [9.17, 15) is 10.5 Å². The second kappa shape index (κ2) is 11.6. The minimum Gasteiger partial charge on any atom is -0.308 e. The molecule has 10 rings (SSSR count). The Morgan fingerprint density at radius 2 is 0.962 bits per heavy atom. The van der Waals surface area contributed by atoms with E-state index in [-0.39, 0.29) is 0 Å². The van der Waals surface area contributed by atoms with E-state index in [0.717, 1.165) is 82.3 Å². The maximum absolute atomic E-state index is 11.2. The number of nitriles is 2. The van der Waals surface area contributed by atoms with Crippen molar-refractivity contribution in [2.24, 2.45) is 0 Å². The molecule has 0 aliphatic rings. The van der Waals surface area contributed by atoms with Crippen molar-refractivity contribution in [2.45, 2.75) is 0 Å². The average Bonchev–Trinajstić information content (AvgIpc) is 3.73. The van der Waals surface area contributed by atoms with Crippen LogP contribution in [0.25, 0.3) is 88.0 Å². The van der Waals surface area contributed by atoms with E-state index in [4.69, 9.17) is 0 Å². The van der Waals surface area contributed by atoms with Crippen molar-refractivity contribution >= 4 is 54.4 Å². The Balaban J connectivity index is 1.30. The van der Waals surface area contributed by atoms with Gasteiger partial charge in [0.1, 0.15) is 17.7 Å². The number of hydrogen-bond acceptors (Lipinski definition) is 2. The normalized spacial score (nSPS) is 11.4. The fraction of sp³-hybridized carbons (Fsp3) is 0. The fourth-order valence-corrected chi connectivity index (χ4v) is 8.08. The summed E-state index contributed by atoms with van der Waals surface area (Å²) < 4.78 is 4.31. The molecule has 10 aromatic rings. The molecule has 0 unspecified atom stereocenters. The maximum Gasteiger partial charge on any atom is 0.104 e. The van der Waals surface area contributed by atoms with Gasteiger partial charge in [-0.05, 0) is 81.6 Å². The molecule has 8 aromatic carbocycles. The van der Waals surface area contributed by atoms with Crippen molar-refractivity contribution in [3.63, 3.8) is 0 Å². The number of nitrogens with zero attached hydrogens (tertiary/aromatic N) is 4. The molecular weight excluding hydrogens is 633 g/mol. The summed E-state index contributed by atoms with van der Waals surface area (Å²) in [4.78, 5) is 0. The predicted octanol–water partition coefficient (Wildman–Crippen LogP) is 12.1. The Bertz CT molecular complexity index is 3130. The van der Waals surface area contributed by atoms with Crippen LogP contribution in [0, 0.1) is 22.7 Å². The van der Waals surface area contributed by atoms with Gasteiger partial charge in [0.05, 0.1) is 39.0 Å². The van der Waals surface area contributed by atoms with Crippen LogP contribution in [0.1, 0.15) is 11.1 Å². The first-order chi connectivity index (χ1) is 25.7. The molecule has 0 saturated carbocycles. The minimum atomic E-state index is 0.438. The highest BCUT2D eigenvalue weighted by molar-refractivity contribution is 6.22. The topological polar surface area (TPSA) is 57.4 Å². The third kappa shape index (κ3) is 4.32. The van der Waals surface area contributed by atoms with Gasteiger partial charge in [0.25, 0.3) is 0 Å². The first kappa shape index (κ1) is 29.5. The molecule has 240 valence electrons. The lowest BCUT2D eigenvalue weighted by atomic mass is 10.0. The molecule has 4 nitrogen and oxygen atoms in total. The number of aromatic nitrogens is 2. The summed E-state index contributed by atoms with van der Waals surface area (Å²) in [7, 11) is 0. The summed E-state index contributed by atoms with van der Waals surface area (Å²) >= 11 is 0. The molecule has 0 aliphatic carbocycles. The van der Waals surface area contributed by atoms with Crippen molar-refractivity contribution < 1.29 is 0 Å². The molecule has 0 fully saturated rings. The Kier molecular flexibility index (Phi) is 6.58. The summed E-state index contributed by atoms with van der Waals surface area (Å²) in [5, 5.41) is 28.5. The van der Waals surface area contributed by atoms with Crippen LogP contribution in [0.2, 0.25) is 0 Å². The molecule has 0 radical (unpaired) electrons. The van der Waals surface area contributed by atoms with E-state index in [1.807, 2.05) is 48.5 Å². The second-order valence-electron chi connectivity index (χ2n) is 13.1. The molecule has 2 aromatic heterocycles. The summed E-state index contributed by atoms with van der Waals surface area (Å²) in [6, 6.07) is 63.7. The Labute approximate surface area is 299 Å². The van der Waals surface area contributed by atoms with Crippen molar-refractivity contribution in [1.29, 1.82) is 10.5 Å². The largest absolute Gasteiger partial charge is 0.308 e. The van der Waals surface area contributed by atoms with Gasteiger partial charge < -0.3 is 9.13 Å². The smallest absolute Gasteiger partial charge is 0.104 e. The van der Waals surface area contributed by atoms with Crippen LogP contribution < -0.4 is 0 Å². The SMILES string of the molecule is N#Cc1ccc(-n2c3ccc(-c4ccccc4)cc3c3c4ccccc4ccc32)c(C#N)c1-n1c2ccccc2c2cc(-c3ccccc3)ccc21. The van der Waals surface area contributed by atoms with Crippen molar-refractivity contribution in [3.05, 3.63) is 181 Å². The van der Waals surface area contributed by atoms with Gasteiger partial charge >= 0.3 is 0 Å².